The summed E-state index contributed by atoms with van der Waals surface area (Å²) >= 11 is 39.4. The number of rotatable bonds is 0. The molecule has 3 heterocycles. The van der Waals surface area contributed by atoms with Crippen LogP contribution in [0.2, 0.25) is 0 Å². The Balaban J connectivity index is 1.72. The van der Waals surface area contributed by atoms with Crippen molar-refractivity contribution in [1.29, 1.82) is 0 Å². The van der Waals surface area contributed by atoms with Crippen molar-refractivity contribution in [2.75, 3.05) is 0 Å². The van der Waals surface area contributed by atoms with E-state index in [1.807, 2.05) is 6.92 Å². The fraction of sp³-hybridized carbons (Fsp3) is 0.0526. The van der Waals surface area contributed by atoms with Gasteiger partial charge in [-0.3, -0.25) is 0 Å². The first-order valence-corrected chi connectivity index (χ1v) is 20.3. The fourth-order valence-corrected chi connectivity index (χ4v) is 14.5. The minimum atomic E-state index is -6.23. The van der Waals surface area contributed by atoms with E-state index < -0.39 is 7.31 Å². The zero-order valence-corrected chi connectivity index (χ0v) is 35.4. The second-order valence-corrected chi connectivity index (χ2v) is 19.8. The average Bonchev–Trinajstić information content (AvgIpc) is 3.48. The molecule has 0 aromatic heterocycles. The number of hydrogen-bond acceptors (Lipinski definition) is 6. The van der Waals surface area contributed by atoms with Gasteiger partial charge < -0.3 is 0 Å². The van der Waals surface area contributed by atoms with Gasteiger partial charge in [0.05, 0.1) is 0 Å². The van der Waals surface area contributed by atoms with Crippen molar-refractivity contribution >= 4 is 183 Å². The van der Waals surface area contributed by atoms with E-state index in [0.29, 0.717) is 44.7 Å². The monoisotopic (exact) mass is 1230 g/mol. The third-order valence-corrected chi connectivity index (χ3v) is 21.4. The summed E-state index contributed by atoms with van der Waals surface area (Å²) in [6, 6.07) is 0. The molecule has 3 aliphatic heterocycles. The summed E-state index contributed by atoms with van der Waals surface area (Å²) in [5, 5.41) is 0. The van der Waals surface area contributed by atoms with E-state index in [9.17, 15) is 0 Å². The van der Waals surface area contributed by atoms with Crippen LogP contribution in [0.15, 0.2) is 49.2 Å². The normalized spacial score (nSPS) is 20.1. The molecule has 18 heteroatoms. The molecular weight excluding hydrogens is 1230 g/mol. The molecular formula is C19H3Br11O6P-. The summed E-state index contributed by atoms with van der Waals surface area (Å²) in [4.78, 5) is 0. The Labute approximate surface area is 301 Å². The van der Waals surface area contributed by atoms with Crippen LogP contribution < -0.4 is 27.1 Å². The molecule has 6 rings (SSSR count). The number of hydrogen-bond donors (Lipinski definition) is 0. The molecule has 0 fully saturated rings. The van der Waals surface area contributed by atoms with Crippen molar-refractivity contribution in [2.24, 2.45) is 0 Å². The molecule has 3 aliphatic rings. The number of fused-ring (bicyclic) bond motifs is 3. The van der Waals surface area contributed by atoms with E-state index in [2.05, 4.69) is 175 Å². The van der Waals surface area contributed by atoms with Crippen LogP contribution in [-0.2, 0) is 0 Å². The van der Waals surface area contributed by atoms with Crippen LogP contribution in [0, 0.1) is 6.92 Å². The quantitative estimate of drug-likeness (QED) is 0.127. The van der Waals surface area contributed by atoms with Gasteiger partial charge in [-0.2, -0.15) is 0 Å². The summed E-state index contributed by atoms with van der Waals surface area (Å²) in [5.74, 6) is 1.42. The molecule has 6 nitrogen and oxygen atoms in total. The van der Waals surface area contributed by atoms with E-state index in [1.54, 1.807) is 0 Å². The van der Waals surface area contributed by atoms with Crippen LogP contribution in [0.25, 0.3) is 0 Å². The third kappa shape index (κ3) is 3.70. The molecule has 0 amide bonds. The second kappa shape index (κ2) is 8.86. The summed E-state index contributed by atoms with van der Waals surface area (Å²) < 4.78 is 46.4. The molecule has 0 saturated carbocycles. The molecule has 0 N–H and O–H groups in total. The molecule has 1 spiro atoms. The average molecular weight is 1240 g/mol. The van der Waals surface area contributed by atoms with Crippen molar-refractivity contribution < 1.29 is 27.1 Å². The summed E-state index contributed by atoms with van der Waals surface area (Å²) in [6.45, 7) is 1.90. The van der Waals surface area contributed by atoms with Crippen LogP contribution in [0.5, 0.6) is 34.5 Å². The summed E-state index contributed by atoms with van der Waals surface area (Å²) in [6.07, 6.45) is 0. The fourth-order valence-electron chi connectivity index (χ4n) is 3.80. The predicted molar refractivity (Wildman–Crippen MR) is 179 cm³/mol. The Morgan fingerprint density at radius 2 is 0.541 bits per heavy atom. The second-order valence-electron chi connectivity index (χ2n) is 7.72. The van der Waals surface area contributed by atoms with Crippen molar-refractivity contribution in [1.82, 2.24) is 0 Å². The molecule has 0 saturated heterocycles. The van der Waals surface area contributed by atoms with Crippen LogP contribution >= 0.6 is 183 Å². The van der Waals surface area contributed by atoms with Gasteiger partial charge in [0.25, 0.3) is 0 Å². The third-order valence-electron chi connectivity index (χ3n) is 5.49. The minimum absolute atomic E-state index is 0.228. The molecule has 37 heavy (non-hydrogen) atoms. The van der Waals surface area contributed by atoms with E-state index in [4.69, 9.17) is 27.1 Å². The van der Waals surface area contributed by atoms with E-state index in [-0.39, 0.29) is 34.5 Å². The van der Waals surface area contributed by atoms with Gasteiger partial charge >= 0.3 is 306 Å². The van der Waals surface area contributed by atoms with Crippen molar-refractivity contribution in [3.63, 3.8) is 0 Å². The predicted octanol–water partition coefficient (Wildman–Crippen LogP) is 13.7. The topological polar surface area (TPSA) is 55.4 Å². The zero-order valence-electron chi connectivity index (χ0n) is 17.1. The van der Waals surface area contributed by atoms with E-state index in [1.165, 1.54) is 0 Å². The zero-order chi connectivity index (χ0) is 27.0. The van der Waals surface area contributed by atoms with Gasteiger partial charge in [-0.1, -0.05) is 0 Å². The number of benzene rings is 3. The molecule has 0 aliphatic carbocycles. The summed E-state index contributed by atoms with van der Waals surface area (Å²) in [5.41, 5.74) is 0.832. The number of halogens is 11. The van der Waals surface area contributed by atoms with Gasteiger partial charge in [-0.25, -0.2) is 0 Å². The molecule has 3 aromatic rings. The van der Waals surface area contributed by atoms with Gasteiger partial charge in [0.2, 0.25) is 0 Å². The SMILES string of the molecule is Cc1c(Br)c(Br)c2c(c1Br)O[P-]13(O2)(Oc2c(Br)c(Br)c(Br)c(Br)c2O1)Oc1c(Br)c(Br)c(Br)c(Br)c1O3. The maximum atomic E-state index is 6.67. The van der Waals surface area contributed by atoms with Crippen molar-refractivity contribution in [3.05, 3.63) is 54.8 Å². The molecule has 198 valence electrons. The van der Waals surface area contributed by atoms with E-state index in [0.717, 1.165) is 10.0 Å². The Bertz CT molecular complexity index is 1350. The first kappa shape index (κ1) is 29.3. The molecule has 3 aromatic carbocycles. The Morgan fingerprint density at radius 3 is 0.811 bits per heavy atom. The molecule has 0 atom stereocenters. The van der Waals surface area contributed by atoms with Crippen molar-refractivity contribution in [3.8, 4) is 34.5 Å². The van der Waals surface area contributed by atoms with Gasteiger partial charge in [0.15, 0.2) is 0 Å². The first-order chi connectivity index (χ1) is 17.1. The van der Waals surface area contributed by atoms with Crippen molar-refractivity contribution in [2.45, 2.75) is 6.92 Å². The Kier molecular flexibility index (Phi) is 7.00. The Hall–Kier alpha value is 2.17. The van der Waals surface area contributed by atoms with Crippen LogP contribution in [0.1, 0.15) is 5.56 Å². The van der Waals surface area contributed by atoms with E-state index >= 15 is 0 Å². The Morgan fingerprint density at radius 1 is 0.324 bits per heavy atom. The van der Waals surface area contributed by atoms with Gasteiger partial charge in [-0.15, -0.1) is 0 Å². The van der Waals surface area contributed by atoms with Gasteiger partial charge in [0.1, 0.15) is 0 Å². The summed E-state index contributed by atoms with van der Waals surface area (Å²) in [7, 11) is -6.23. The first-order valence-electron chi connectivity index (χ1n) is 9.40. The standard InChI is InChI=1S/C19H3Br11O6P/c1-2-3(20)9(26)15-14(4(2)21)31-37(32-15,33-16-10(27)5(22)6(23)11(28)17(16)34-37)35-18-12(29)7(24)8(25)13(30)19(18)36-37/h1H3/q-1. The molecule has 0 radical (unpaired) electrons. The molecule has 0 bridgehead atoms. The maximum absolute atomic E-state index is 6.67. The van der Waals surface area contributed by atoms with Gasteiger partial charge in [0, 0.05) is 0 Å². The van der Waals surface area contributed by atoms with Crippen LogP contribution in [-0.4, -0.2) is 0 Å². The van der Waals surface area contributed by atoms with Crippen LogP contribution in [0.3, 0.4) is 0 Å². The van der Waals surface area contributed by atoms with Gasteiger partial charge in [-0.05, 0) is 0 Å². The van der Waals surface area contributed by atoms with Crippen LogP contribution in [0.4, 0.5) is 0 Å². The molecule has 0 unspecified atom stereocenters.